The number of guanidine groups is 1. The number of hydrogen-bond donors (Lipinski definition) is 3. The summed E-state index contributed by atoms with van der Waals surface area (Å²) in [6.07, 6.45) is 3.64. The SMILES string of the molecule is CN=C(NCCc1nc2ccccc2[nH]1)NCCc1ncc(C)s1.I. The van der Waals surface area contributed by atoms with Crippen LogP contribution in [0.25, 0.3) is 11.0 Å². The maximum absolute atomic E-state index is 4.58. The van der Waals surface area contributed by atoms with Gasteiger partial charge in [0.2, 0.25) is 0 Å². The van der Waals surface area contributed by atoms with Crippen LogP contribution in [0.4, 0.5) is 0 Å². The second kappa shape index (κ2) is 9.71. The van der Waals surface area contributed by atoms with Gasteiger partial charge in [0, 0.05) is 44.1 Å². The van der Waals surface area contributed by atoms with Gasteiger partial charge in [0.1, 0.15) is 5.82 Å². The van der Waals surface area contributed by atoms with E-state index in [1.807, 2.05) is 30.5 Å². The Kier molecular flexibility index (Phi) is 7.63. The Labute approximate surface area is 168 Å². The first-order valence-electron chi connectivity index (χ1n) is 8.04. The molecule has 0 saturated heterocycles. The van der Waals surface area contributed by atoms with Crippen LogP contribution in [-0.2, 0) is 12.8 Å². The monoisotopic (exact) mass is 470 g/mol. The van der Waals surface area contributed by atoms with Gasteiger partial charge < -0.3 is 15.6 Å². The van der Waals surface area contributed by atoms with Gasteiger partial charge in [-0.2, -0.15) is 0 Å². The van der Waals surface area contributed by atoms with Gasteiger partial charge >= 0.3 is 0 Å². The Balaban J connectivity index is 0.00000225. The number of imidazole rings is 1. The minimum Gasteiger partial charge on any atom is -0.356 e. The van der Waals surface area contributed by atoms with Crippen molar-refractivity contribution in [3.8, 4) is 0 Å². The molecule has 0 fully saturated rings. The molecule has 6 nitrogen and oxygen atoms in total. The highest BCUT2D eigenvalue weighted by atomic mass is 127. The maximum atomic E-state index is 4.58. The van der Waals surface area contributed by atoms with Crippen LogP contribution in [0.1, 0.15) is 15.7 Å². The van der Waals surface area contributed by atoms with E-state index < -0.39 is 0 Å². The number of H-pyrrole nitrogens is 1. The Morgan fingerprint density at radius 3 is 2.64 bits per heavy atom. The van der Waals surface area contributed by atoms with Crippen molar-refractivity contribution in [2.45, 2.75) is 19.8 Å². The van der Waals surface area contributed by atoms with Gasteiger partial charge in [-0.1, -0.05) is 12.1 Å². The van der Waals surface area contributed by atoms with Gasteiger partial charge in [0.15, 0.2) is 5.96 Å². The van der Waals surface area contributed by atoms with Gasteiger partial charge in [-0.05, 0) is 19.1 Å². The summed E-state index contributed by atoms with van der Waals surface area (Å²) >= 11 is 1.74. The number of benzene rings is 1. The van der Waals surface area contributed by atoms with Crippen LogP contribution in [0.2, 0.25) is 0 Å². The quantitative estimate of drug-likeness (QED) is 0.294. The van der Waals surface area contributed by atoms with Crippen molar-refractivity contribution >= 4 is 52.3 Å². The molecule has 0 unspecified atom stereocenters. The first kappa shape index (κ1) is 19.6. The Morgan fingerprint density at radius 2 is 1.96 bits per heavy atom. The number of nitrogens with zero attached hydrogens (tertiary/aromatic N) is 3. The van der Waals surface area contributed by atoms with Crippen molar-refractivity contribution in [2.24, 2.45) is 4.99 Å². The van der Waals surface area contributed by atoms with E-state index in [1.54, 1.807) is 18.4 Å². The number of aromatic amines is 1. The van der Waals surface area contributed by atoms with Crippen molar-refractivity contribution in [1.82, 2.24) is 25.6 Å². The Hall–Kier alpha value is -1.68. The lowest BCUT2D eigenvalue weighted by molar-refractivity contribution is 0.768. The fraction of sp³-hybridized carbons (Fsp3) is 0.353. The predicted octanol–water partition coefficient (Wildman–Crippen LogP) is 2.90. The Morgan fingerprint density at radius 1 is 1.20 bits per heavy atom. The molecular weight excluding hydrogens is 447 g/mol. The summed E-state index contributed by atoms with van der Waals surface area (Å²) in [6, 6.07) is 8.07. The molecule has 3 aromatic rings. The van der Waals surface area contributed by atoms with Crippen LogP contribution < -0.4 is 10.6 Å². The van der Waals surface area contributed by atoms with Gasteiger partial charge in [-0.15, -0.1) is 35.3 Å². The zero-order valence-corrected chi connectivity index (χ0v) is 17.5. The van der Waals surface area contributed by atoms with Crippen molar-refractivity contribution in [2.75, 3.05) is 20.1 Å². The van der Waals surface area contributed by atoms with Crippen LogP contribution in [0.5, 0.6) is 0 Å². The molecule has 0 bridgehead atoms. The molecule has 3 N–H and O–H groups in total. The second-order valence-electron chi connectivity index (χ2n) is 5.49. The second-order valence-corrected chi connectivity index (χ2v) is 6.81. The first-order valence-corrected chi connectivity index (χ1v) is 8.85. The molecule has 0 spiro atoms. The van der Waals surface area contributed by atoms with Gasteiger partial charge in [0.05, 0.1) is 16.0 Å². The largest absolute Gasteiger partial charge is 0.356 e. The molecule has 0 amide bonds. The van der Waals surface area contributed by atoms with E-state index in [0.717, 1.165) is 53.8 Å². The number of thiazole rings is 1. The van der Waals surface area contributed by atoms with Crippen LogP contribution in [0.15, 0.2) is 35.5 Å². The number of hydrogen-bond acceptors (Lipinski definition) is 4. The van der Waals surface area contributed by atoms with Gasteiger partial charge in [-0.25, -0.2) is 9.97 Å². The molecular formula is C17H23IN6S. The average Bonchev–Trinajstić information content (AvgIpc) is 3.19. The summed E-state index contributed by atoms with van der Waals surface area (Å²) in [5.41, 5.74) is 2.09. The van der Waals surface area contributed by atoms with E-state index in [9.17, 15) is 0 Å². The molecule has 2 heterocycles. The number of halogens is 1. The predicted molar refractivity (Wildman–Crippen MR) is 115 cm³/mol. The summed E-state index contributed by atoms with van der Waals surface area (Å²) in [6.45, 7) is 3.67. The lowest BCUT2D eigenvalue weighted by atomic mass is 10.3. The standard InChI is InChI=1S/C17H22N6S.HI/c1-12-11-21-16(24-12)8-10-20-17(18-2)19-9-7-15-22-13-5-3-4-6-14(13)23-15;/h3-6,11H,7-10H2,1-2H3,(H,22,23)(H2,18,19,20);1H. The summed E-state index contributed by atoms with van der Waals surface area (Å²) in [4.78, 5) is 17.8. The van der Waals surface area contributed by atoms with Crippen LogP contribution >= 0.6 is 35.3 Å². The molecule has 0 aliphatic carbocycles. The van der Waals surface area contributed by atoms with Crippen molar-refractivity contribution < 1.29 is 0 Å². The van der Waals surface area contributed by atoms with E-state index in [1.165, 1.54) is 4.88 Å². The number of para-hydroxylation sites is 2. The third-order valence-corrected chi connectivity index (χ3v) is 4.59. The van der Waals surface area contributed by atoms with Crippen LogP contribution in [-0.4, -0.2) is 41.0 Å². The van der Waals surface area contributed by atoms with E-state index in [4.69, 9.17) is 0 Å². The molecule has 25 heavy (non-hydrogen) atoms. The van der Waals surface area contributed by atoms with Crippen LogP contribution in [0, 0.1) is 6.92 Å². The number of aliphatic imine (C=N–C) groups is 1. The number of aromatic nitrogens is 3. The maximum Gasteiger partial charge on any atom is 0.191 e. The molecule has 0 saturated carbocycles. The first-order chi connectivity index (χ1) is 11.7. The molecule has 0 aliphatic heterocycles. The lowest BCUT2D eigenvalue weighted by Gasteiger charge is -2.10. The Bertz CT molecular complexity index is 792. The molecule has 2 aromatic heterocycles. The third kappa shape index (κ3) is 5.67. The molecule has 134 valence electrons. The fourth-order valence-corrected chi connectivity index (χ4v) is 3.24. The molecule has 1 aromatic carbocycles. The van der Waals surface area contributed by atoms with Crippen molar-refractivity contribution in [1.29, 1.82) is 0 Å². The van der Waals surface area contributed by atoms with Gasteiger partial charge in [0.25, 0.3) is 0 Å². The minimum absolute atomic E-state index is 0. The summed E-state index contributed by atoms with van der Waals surface area (Å²) in [5, 5.41) is 7.78. The van der Waals surface area contributed by atoms with E-state index >= 15 is 0 Å². The van der Waals surface area contributed by atoms with Crippen LogP contribution in [0.3, 0.4) is 0 Å². The van der Waals surface area contributed by atoms with E-state index in [2.05, 4.69) is 37.5 Å². The molecule has 8 heteroatoms. The summed E-state index contributed by atoms with van der Waals surface area (Å²) in [7, 11) is 1.78. The van der Waals surface area contributed by atoms with E-state index in [0.29, 0.717) is 0 Å². The van der Waals surface area contributed by atoms with Gasteiger partial charge in [-0.3, -0.25) is 4.99 Å². The summed E-state index contributed by atoms with van der Waals surface area (Å²) < 4.78 is 0. The normalized spacial score (nSPS) is 11.4. The highest BCUT2D eigenvalue weighted by molar-refractivity contribution is 14.0. The number of aryl methyl sites for hydroxylation is 1. The smallest absolute Gasteiger partial charge is 0.191 e. The number of fused-ring (bicyclic) bond motifs is 1. The molecule has 3 rings (SSSR count). The van der Waals surface area contributed by atoms with Crippen molar-refractivity contribution in [3.05, 3.63) is 46.2 Å². The minimum atomic E-state index is 0. The highest BCUT2D eigenvalue weighted by Crippen LogP contribution is 2.11. The van der Waals surface area contributed by atoms with E-state index in [-0.39, 0.29) is 24.0 Å². The topological polar surface area (TPSA) is 78.0 Å². The zero-order valence-electron chi connectivity index (χ0n) is 14.4. The molecule has 0 radical (unpaired) electrons. The number of nitrogens with one attached hydrogen (secondary N) is 3. The third-order valence-electron chi connectivity index (χ3n) is 3.62. The molecule has 0 aliphatic rings. The summed E-state index contributed by atoms with van der Waals surface area (Å²) in [5.74, 6) is 1.79. The number of rotatable bonds is 6. The lowest BCUT2D eigenvalue weighted by Crippen LogP contribution is -2.39. The van der Waals surface area contributed by atoms with Crippen molar-refractivity contribution in [3.63, 3.8) is 0 Å². The average molecular weight is 470 g/mol. The fourth-order valence-electron chi connectivity index (χ4n) is 2.45. The zero-order chi connectivity index (χ0) is 16.8. The highest BCUT2D eigenvalue weighted by Gasteiger charge is 2.03. The molecule has 0 atom stereocenters.